The van der Waals surface area contributed by atoms with E-state index in [-0.39, 0.29) is 5.97 Å². The second-order valence-corrected chi connectivity index (χ2v) is 5.08. The molecule has 6 heteroatoms. The molecule has 0 bridgehead atoms. The van der Waals surface area contributed by atoms with Gasteiger partial charge in [0, 0.05) is 16.9 Å². The molecule has 0 saturated heterocycles. The van der Waals surface area contributed by atoms with Crippen LogP contribution in [0.15, 0.2) is 11.6 Å². The van der Waals surface area contributed by atoms with Gasteiger partial charge in [0.25, 0.3) is 0 Å². The highest BCUT2D eigenvalue weighted by Crippen LogP contribution is 2.34. The minimum atomic E-state index is -0.357. The summed E-state index contributed by atoms with van der Waals surface area (Å²) in [6.45, 7) is 6.12. The molecular formula is C13H15BrClNO2S. The van der Waals surface area contributed by atoms with Crippen molar-refractivity contribution in [2.75, 3.05) is 6.61 Å². The normalized spacial score (nSPS) is 9.95. The molecule has 104 valence electrons. The third kappa shape index (κ3) is 3.46. The fraction of sp³-hybridized carbons (Fsp3) is 0.385. The Morgan fingerprint density at radius 1 is 1.53 bits per heavy atom. The average Bonchev–Trinajstić information content (AvgIpc) is 2.86. The van der Waals surface area contributed by atoms with Crippen molar-refractivity contribution in [2.45, 2.75) is 26.1 Å². The van der Waals surface area contributed by atoms with E-state index in [1.807, 2.05) is 19.2 Å². The van der Waals surface area contributed by atoms with E-state index in [1.165, 1.54) is 17.5 Å². The molecule has 2 rings (SSSR count). The number of alkyl halides is 1. The Labute approximate surface area is 130 Å². The summed E-state index contributed by atoms with van der Waals surface area (Å²) in [5.41, 5.74) is 1.51. The van der Waals surface area contributed by atoms with Gasteiger partial charge in [-0.2, -0.15) is 0 Å². The second-order valence-electron chi connectivity index (χ2n) is 3.28. The first-order valence-electron chi connectivity index (χ1n) is 5.96. The molecule has 0 spiro atoms. The second kappa shape index (κ2) is 7.82. The first-order chi connectivity index (χ1) is 9.19. The van der Waals surface area contributed by atoms with Crippen LogP contribution in [0, 0.1) is 0 Å². The number of rotatable bonds is 3. The van der Waals surface area contributed by atoms with Crippen molar-refractivity contribution in [2.24, 2.45) is 0 Å². The lowest BCUT2D eigenvalue weighted by Crippen LogP contribution is -2.05. The molecule has 19 heavy (non-hydrogen) atoms. The maximum absolute atomic E-state index is 11.8. The summed E-state index contributed by atoms with van der Waals surface area (Å²) in [5.74, 6) is -0.357. The fourth-order valence-electron chi connectivity index (χ4n) is 1.52. The van der Waals surface area contributed by atoms with E-state index in [2.05, 4.69) is 20.9 Å². The third-order valence-electron chi connectivity index (χ3n) is 2.26. The highest BCUT2D eigenvalue weighted by Gasteiger charge is 2.17. The van der Waals surface area contributed by atoms with E-state index in [4.69, 9.17) is 16.3 Å². The van der Waals surface area contributed by atoms with E-state index in [9.17, 15) is 4.79 Å². The van der Waals surface area contributed by atoms with Gasteiger partial charge in [0.2, 0.25) is 0 Å². The van der Waals surface area contributed by atoms with Gasteiger partial charge >= 0.3 is 5.97 Å². The molecular weight excluding hydrogens is 350 g/mol. The SMILES string of the molecule is CC.CCOC(=O)c1cnc(Cl)c2c(CBr)csc12. The Kier molecular flexibility index (Phi) is 6.75. The maximum Gasteiger partial charge on any atom is 0.341 e. The first kappa shape index (κ1) is 16.4. The third-order valence-corrected chi connectivity index (χ3v) is 4.22. The molecule has 2 heterocycles. The molecule has 2 aromatic rings. The number of nitrogens with zero attached hydrogens (tertiary/aromatic N) is 1. The van der Waals surface area contributed by atoms with Gasteiger partial charge < -0.3 is 4.74 Å². The van der Waals surface area contributed by atoms with Crippen LogP contribution in [0.5, 0.6) is 0 Å². The molecule has 0 N–H and O–H groups in total. The highest BCUT2D eigenvalue weighted by molar-refractivity contribution is 9.08. The lowest BCUT2D eigenvalue weighted by molar-refractivity contribution is 0.0528. The number of fused-ring (bicyclic) bond motifs is 1. The van der Waals surface area contributed by atoms with Gasteiger partial charge in [0.15, 0.2) is 0 Å². The number of halogens is 2. The molecule has 0 aliphatic heterocycles. The lowest BCUT2D eigenvalue weighted by Gasteiger charge is -2.04. The molecule has 0 aliphatic rings. The molecule has 0 aliphatic carbocycles. The predicted molar refractivity (Wildman–Crippen MR) is 84.6 cm³/mol. The Morgan fingerprint density at radius 3 is 2.79 bits per heavy atom. The number of hydrogen-bond donors (Lipinski definition) is 0. The number of esters is 1. The smallest absolute Gasteiger partial charge is 0.341 e. The Bertz CT molecular complexity index is 571. The van der Waals surface area contributed by atoms with Crippen LogP contribution in [0.4, 0.5) is 0 Å². The molecule has 0 aromatic carbocycles. The number of pyridine rings is 1. The van der Waals surface area contributed by atoms with Gasteiger partial charge in [0.1, 0.15) is 5.15 Å². The highest BCUT2D eigenvalue weighted by atomic mass is 79.9. The molecule has 0 radical (unpaired) electrons. The Balaban J connectivity index is 0.000000861. The molecule has 0 atom stereocenters. The summed E-state index contributed by atoms with van der Waals surface area (Å²) in [5, 5.41) is 3.90. The van der Waals surface area contributed by atoms with E-state index >= 15 is 0 Å². The molecule has 0 fully saturated rings. The molecule has 0 unspecified atom stereocenters. The zero-order chi connectivity index (χ0) is 14.4. The standard InChI is InChI=1S/C11H9BrClNO2S.C2H6/c1-2-16-11(15)7-4-14-10(13)8-6(3-12)5-17-9(7)8;1-2/h4-5H,2-3H2,1H3;1-2H3. The summed E-state index contributed by atoms with van der Waals surface area (Å²) in [6.07, 6.45) is 1.47. The summed E-state index contributed by atoms with van der Waals surface area (Å²) in [7, 11) is 0. The fourth-order valence-corrected chi connectivity index (χ4v) is 3.56. The van der Waals surface area contributed by atoms with Crippen molar-refractivity contribution >= 4 is 54.9 Å². The lowest BCUT2D eigenvalue weighted by atomic mass is 10.2. The van der Waals surface area contributed by atoms with Crippen molar-refractivity contribution in [3.8, 4) is 0 Å². The molecule has 3 nitrogen and oxygen atoms in total. The summed E-state index contributed by atoms with van der Waals surface area (Å²) in [6, 6.07) is 0. The number of hydrogen-bond acceptors (Lipinski definition) is 4. The zero-order valence-corrected chi connectivity index (χ0v) is 14.2. The van der Waals surface area contributed by atoms with Crippen molar-refractivity contribution < 1.29 is 9.53 Å². The van der Waals surface area contributed by atoms with Gasteiger partial charge in [-0.15, -0.1) is 11.3 Å². The minimum Gasteiger partial charge on any atom is -0.462 e. The first-order valence-corrected chi connectivity index (χ1v) is 8.34. The maximum atomic E-state index is 11.8. The number of ether oxygens (including phenoxy) is 1. The van der Waals surface area contributed by atoms with Crippen LogP contribution >= 0.6 is 38.9 Å². The summed E-state index contributed by atoms with van der Waals surface area (Å²) < 4.78 is 5.82. The van der Waals surface area contributed by atoms with Gasteiger partial charge in [-0.1, -0.05) is 41.4 Å². The topological polar surface area (TPSA) is 39.2 Å². The molecule has 0 amide bonds. The van der Waals surface area contributed by atoms with E-state index in [1.54, 1.807) is 6.92 Å². The predicted octanol–water partition coefficient (Wildman–Crippen LogP) is 5.05. The largest absolute Gasteiger partial charge is 0.462 e. The Morgan fingerprint density at radius 2 is 2.21 bits per heavy atom. The van der Waals surface area contributed by atoms with Gasteiger partial charge in [0.05, 0.1) is 16.9 Å². The van der Waals surface area contributed by atoms with E-state index < -0.39 is 0 Å². The van der Waals surface area contributed by atoms with Crippen LogP contribution in [0.1, 0.15) is 36.7 Å². The van der Waals surface area contributed by atoms with Crippen LogP contribution in [-0.4, -0.2) is 17.6 Å². The Hall–Kier alpha value is -0.650. The summed E-state index contributed by atoms with van der Waals surface area (Å²) >= 11 is 10.9. The number of aromatic nitrogens is 1. The quantitative estimate of drug-likeness (QED) is 0.435. The van der Waals surface area contributed by atoms with Crippen molar-refractivity contribution in [1.29, 1.82) is 0 Å². The van der Waals surface area contributed by atoms with E-state index in [0.717, 1.165) is 15.6 Å². The van der Waals surface area contributed by atoms with Crippen LogP contribution in [-0.2, 0) is 10.1 Å². The zero-order valence-electron chi connectivity index (χ0n) is 11.0. The van der Waals surface area contributed by atoms with Crippen LogP contribution in [0.2, 0.25) is 5.15 Å². The van der Waals surface area contributed by atoms with Crippen LogP contribution in [0.25, 0.3) is 10.1 Å². The number of thiophene rings is 1. The summed E-state index contributed by atoms with van der Waals surface area (Å²) in [4.78, 5) is 15.8. The molecule has 2 aromatic heterocycles. The molecule has 0 saturated carbocycles. The average molecular weight is 365 g/mol. The van der Waals surface area contributed by atoms with Gasteiger partial charge in [-0.05, 0) is 17.9 Å². The van der Waals surface area contributed by atoms with Crippen LogP contribution < -0.4 is 0 Å². The minimum absolute atomic E-state index is 0.347. The van der Waals surface area contributed by atoms with E-state index in [0.29, 0.717) is 22.7 Å². The number of carbonyl (C=O) groups excluding carboxylic acids is 1. The monoisotopic (exact) mass is 363 g/mol. The van der Waals surface area contributed by atoms with Crippen LogP contribution in [0.3, 0.4) is 0 Å². The van der Waals surface area contributed by atoms with Gasteiger partial charge in [-0.3, -0.25) is 0 Å². The van der Waals surface area contributed by atoms with Crippen molar-refractivity contribution in [3.63, 3.8) is 0 Å². The van der Waals surface area contributed by atoms with Gasteiger partial charge in [-0.25, -0.2) is 9.78 Å². The van der Waals surface area contributed by atoms with Crippen molar-refractivity contribution in [3.05, 3.63) is 27.9 Å². The number of carbonyl (C=O) groups is 1. The van der Waals surface area contributed by atoms with Crippen molar-refractivity contribution in [1.82, 2.24) is 4.98 Å².